The van der Waals surface area contributed by atoms with Gasteiger partial charge in [0, 0.05) is 10.7 Å². The number of halogens is 2. The van der Waals surface area contributed by atoms with Crippen molar-refractivity contribution >= 4 is 39.1 Å². The molecule has 1 amide bonds. The minimum absolute atomic E-state index is 0.126. The highest BCUT2D eigenvalue weighted by Crippen LogP contribution is 2.31. The molecule has 3 rings (SSSR count). The lowest BCUT2D eigenvalue weighted by atomic mass is 10.2. The van der Waals surface area contributed by atoms with Crippen LogP contribution in [-0.4, -0.2) is 27.1 Å². The maximum atomic E-state index is 12.0. The predicted molar refractivity (Wildman–Crippen MR) is 94.2 cm³/mol. The van der Waals surface area contributed by atoms with E-state index < -0.39 is 0 Å². The SMILES string of the molecule is Cc1cc(Br)cc(Cl)c1OCC(=O)NCc1nnc2ccccn12. The molecule has 124 valence electrons. The third kappa shape index (κ3) is 3.68. The molecule has 0 saturated carbocycles. The van der Waals surface area contributed by atoms with Crippen molar-refractivity contribution in [2.24, 2.45) is 0 Å². The van der Waals surface area contributed by atoms with Crippen LogP contribution >= 0.6 is 27.5 Å². The van der Waals surface area contributed by atoms with Gasteiger partial charge in [0.05, 0.1) is 11.6 Å². The molecule has 0 aliphatic carbocycles. The van der Waals surface area contributed by atoms with Gasteiger partial charge in [-0.05, 0) is 36.8 Å². The maximum absolute atomic E-state index is 12.0. The zero-order chi connectivity index (χ0) is 17.1. The molecule has 3 aromatic rings. The van der Waals surface area contributed by atoms with E-state index in [4.69, 9.17) is 16.3 Å². The molecule has 0 atom stereocenters. The van der Waals surface area contributed by atoms with E-state index in [-0.39, 0.29) is 19.1 Å². The van der Waals surface area contributed by atoms with Crippen LogP contribution in [0.2, 0.25) is 5.02 Å². The molecule has 0 fully saturated rings. The third-order valence-electron chi connectivity index (χ3n) is 3.37. The van der Waals surface area contributed by atoms with E-state index in [1.807, 2.05) is 41.8 Å². The summed E-state index contributed by atoms with van der Waals surface area (Å²) in [5.41, 5.74) is 1.58. The van der Waals surface area contributed by atoms with Crippen LogP contribution in [0, 0.1) is 6.92 Å². The Bertz CT molecular complexity index is 874. The van der Waals surface area contributed by atoms with E-state index in [9.17, 15) is 4.79 Å². The number of benzene rings is 1. The Morgan fingerprint density at radius 3 is 3.00 bits per heavy atom. The Hall–Kier alpha value is -2.12. The van der Waals surface area contributed by atoms with Gasteiger partial charge >= 0.3 is 0 Å². The third-order valence-corrected chi connectivity index (χ3v) is 4.11. The number of fused-ring (bicyclic) bond motifs is 1. The highest BCUT2D eigenvalue weighted by Gasteiger charge is 2.11. The number of pyridine rings is 1. The van der Waals surface area contributed by atoms with E-state index in [1.165, 1.54) is 0 Å². The molecule has 1 aromatic carbocycles. The number of hydrogen-bond acceptors (Lipinski definition) is 4. The molecule has 0 bridgehead atoms. The van der Waals surface area contributed by atoms with Gasteiger partial charge in [0.1, 0.15) is 5.75 Å². The predicted octanol–water partition coefficient (Wildman–Crippen LogP) is 3.15. The molecule has 0 saturated heterocycles. The summed E-state index contributed by atoms with van der Waals surface area (Å²) in [6.07, 6.45) is 1.85. The van der Waals surface area contributed by atoms with Crippen LogP contribution in [0.5, 0.6) is 5.75 Å². The fraction of sp³-hybridized carbons (Fsp3) is 0.188. The van der Waals surface area contributed by atoms with Crippen molar-refractivity contribution in [1.82, 2.24) is 19.9 Å². The zero-order valence-electron chi connectivity index (χ0n) is 12.8. The van der Waals surface area contributed by atoms with Gasteiger partial charge in [-0.2, -0.15) is 0 Å². The monoisotopic (exact) mass is 408 g/mol. The first-order chi connectivity index (χ1) is 11.5. The summed E-state index contributed by atoms with van der Waals surface area (Å²) in [5, 5.41) is 11.3. The first kappa shape index (κ1) is 16.7. The fourth-order valence-corrected chi connectivity index (χ4v) is 3.27. The van der Waals surface area contributed by atoms with Crippen LogP contribution in [-0.2, 0) is 11.3 Å². The van der Waals surface area contributed by atoms with Crippen LogP contribution < -0.4 is 10.1 Å². The van der Waals surface area contributed by atoms with Gasteiger partial charge in [0.25, 0.3) is 5.91 Å². The van der Waals surface area contributed by atoms with E-state index in [0.717, 1.165) is 15.7 Å². The average molecular weight is 410 g/mol. The van der Waals surface area contributed by atoms with Gasteiger partial charge in [-0.15, -0.1) is 10.2 Å². The van der Waals surface area contributed by atoms with Gasteiger partial charge in [0.2, 0.25) is 0 Å². The number of aromatic nitrogens is 3. The number of rotatable bonds is 5. The number of nitrogens with zero attached hydrogens (tertiary/aromatic N) is 3. The highest BCUT2D eigenvalue weighted by atomic mass is 79.9. The summed E-state index contributed by atoms with van der Waals surface area (Å²) in [6.45, 7) is 2.01. The Morgan fingerprint density at radius 2 is 2.21 bits per heavy atom. The van der Waals surface area contributed by atoms with Crippen LogP contribution in [0.15, 0.2) is 41.0 Å². The fourth-order valence-electron chi connectivity index (χ4n) is 2.25. The number of amides is 1. The van der Waals surface area contributed by atoms with Crippen molar-refractivity contribution in [3.8, 4) is 5.75 Å². The number of carbonyl (C=O) groups excluding carboxylic acids is 1. The molecule has 0 unspecified atom stereocenters. The molecule has 0 spiro atoms. The standard InChI is InChI=1S/C16H14BrClN4O2/c1-10-6-11(17)7-12(18)16(10)24-9-15(23)19-8-14-21-20-13-4-2-3-5-22(13)14/h2-7H,8-9H2,1H3,(H,19,23). The van der Waals surface area contributed by atoms with Crippen molar-refractivity contribution in [3.63, 3.8) is 0 Å². The zero-order valence-corrected chi connectivity index (χ0v) is 15.1. The molecule has 6 nitrogen and oxygen atoms in total. The Kier molecular flexibility index (Phi) is 5.01. The molecule has 2 heterocycles. The molecule has 2 aromatic heterocycles. The van der Waals surface area contributed by atoms with E-state index in [2.05, 4.69) is 31.4 Å². The number of hydrogen-bond donors (Lipinski definition) is 1. The Labute approximate surface area is 151 Å². The molecule has 0 radical (unpaired) electrons. The summed E-state index contributed by atoms with van der Waals surface area (Å²) in [5.74, 6) is 0.890. The molecular weight excluding hydrogens is 396 g/mol. The summed E-state index contributed by atoms with van der Waals surface area (Å²) < 4.78 is 8.21. The summed E-state index contributed by atoms with van der Waals surface area (Å²) in [7, 11) is 0. The number of ether oxygens (including phenoxy) is 1. The van der Waals surface area contributed by atoms with E-state index >= 15 is 0 Å². The van der Waals surface area contributed by atoms with Crippen molar-refractivity contribution in [2.45, 2.75) is 13.5 Å². The number of carbonyl (C=O) groups is 1. The lowest BCUT2D eigenvalue weighted by Crippen LogP contribution is -2.29. The first-order valence-electron chi connectivity index (χ1n) is 7.18. The summed E-state index contributed by atoms with van der Waals surface area (Å²) in [4.78, 5) is 12.0. The second-order valence-electron chi connectivity index (χ2n) is 5.14. The van der Waals surface area contributed by atoms with Gasteiger partial charge in [-0.3, -0.25) is 9.20 Å². The quantitative estimate of drug-likeness (QED) is 0.703. The Morgan fingerprint density at radius 1 is 1.38 bits per heavy atom. The molecule has 8 heteroatoms. The van der Waals surface area contributed by atoms with Gasteiger partial charge in [0.15, 0.2) is 18.1 Å². The largest absolute Gasteiger partial charge is 0.482 e. The molecular formula is C16H14BrClN4O2. The van der Waals surface area contributed by atoms with Crippen molar-refractivity contribution in [2.75, 3.05) is 6.61 Å². The van der Waals surface area contributed by atoms with Crippen LogP contribution in [0.25, 0.3) is 5.65 Å². The average Bonchev–Trinajstić information content (AvgIpc) is 2.95. The lowest BCUT2D eigenvalue weighted by molar-refractivity contribution is -0.123. The molecule has 0 aliphatic heterocycles. The van der Waals surface area contributed by atoms with Crippen LogP contribution in [0.4, 0.5) is 0 Å². The second-order valence-corrected chi connectivity index (χ2v) is 6.47. The first-order valence-corrected chi connectivity index (χ1v) is 8.35. The van der Waals surface area contributed by atoms with Crippen molar-refractivity contribution in [1.29, 1.82) is 0 Å². The topological polar surface area (TPSA) is 68.5 Å². The minimum atomic E-state index is -0.263. The van der Waals surface area contributed by atoms with Gasteiger partial charge in [-0.25, -0.2) is 0 Å². The maximum Gasteiger partial charge on any atom is 0.258 e. The van der Waals surface area contributed by atoms with E-state index in [0.29, 0.717) is 16.6 Å². The van der Waals surface area contributed by atoms with Gasteiger partial charge < -0.3 is 10.1 Å². The summed E-state index contributed by atoms with van der Waals surface area (Å²) >= 11 is 9.49. The summed E-state index contributed by atoms with van der Waals surface area (Å²) in [6, 6.07) is 9.21. The smallest absolute Gasteiger partial charge is 0.258 e. The van der Waals surface area contributed by atoms with Gasteiger partial charge in [-0.1, -0.05) is 33.6 Å². The Balaban J connectivity index is 1.59. The van der Waals surface area contributed by atoms with Crippen LogP contribution in [0.3, 0.4) is 0 Å². The lowest BCUT2D eigenvalue weighted by Gasteiger charge is -2.11. The van der Waals surface area contributed by atoms with Crippen molar-refractivity contribution in [3.05, 3.63) is 57.4 Å². The molecule has 24 heavy (non-hydrogen) atoms. The second kappa shape index (κ2) is 7.19. The van der Waals surface area contributed by atoms with E-state index in [1.54, 1.807) is 6.07 Å². The van der Waals surface area contributed by atoms with Crippen molar-refractivity contribution < 1.29 is 9.53 Å². The number of nitrogens with one attached hydrogen (secondary N) is 1. The normalized spacial score (nSPS) is 10.8. The number of aryl methyl sites for hydroxylation is 1. The molecule has 0 aliphatic rings. The molecule has 1 N–H and O–H groups in total. The minimum Gasteiger partial charge on any atom is -0.482 e. The highest BCUT2D eigenvalue weighted by molar-refractivity contribution is 9.10. The van der Waals surface area contributed by atoms with Crippen LogP contribution in [0.1, 0.15) is 11.4 Å².